The van der Waals surface area contributed by atoms with Gasteiger partial charge >= 0.3 is 0 Å². The standard InChI is InChI=1S/C13H10Cl2N2O2/c1-7-5-6-8(14)12(11(7)15)17-13(19)9-3-2-4-10(18)16-9/h2-6H,1H3,(H,16,18)(H,17,19). The molecule has 0 unspecified atom stereocenters. The van der Waals surface area contributed by atoms with Crippen LogP contribution in [0.5, 0.6) is 0 Å². The summed E-state index contributed by atoms with van der Waals surface area (Å²) in [7, 11) is 0. The Hall–Kier alpha value is -1.78. The predicted molar refractivity (Wildman–Crippen MR) is 76.2 cm³/mol. The average molecular weight is 297 g/mol. The lowest BCUT2D eigenvalue weighted by atomic mass is 10.2. The molecule has 0 atom stereocenters. The predicted octanol–water partition coefficient (Wildman–Crippen LogP) is 3.24. The second kappa shape index (κ2) is 5.47. The second-order valence-electron chi connectivity index (χ2n) is 3.94. The fourth-order valence-electron chi connectivity index (χ4n) is 1.53. The van der Waals surface area contributed by atoms with Crippen molar-refractivity contribution in [2.75, 3.05) is 5.32 Å². The minimum Gasteiger partial charge on any atom is -0.318 e. The summed E-state index contributed by atoms with van der Waals surface area (Å²) in [6, 6.07) is 7.71. The molecule has 2 N–H and O–H groups in total. The van der Waals surface area contributed by atoms with E-state index in [4.69, 9.17) is 23.2 Å². The summed E-state index contributed by atoms with van der Waals surface area (Å²) < 4.78 is 0. The van der Waals surface area contributed by atoms with Crippen LogP contribution in [-0.2, 0) is 0 Å². The van der Waals surface area contributed by atoms with Crippen LogP contribution < -0.4 is 10.9 Å². The van der Waals surface area contributed by atoms with E-state index in [1.807, 2.05) is 0 Å². The first kappa shape index (κ1) is 13.6. The molecule has 4 nitrogen and oxygen atoms in total. The molecule has 1 heterocycles. The van der Waals surface area contributed by atoms with Crippen LogP contribution in [0.25, 0.3) is 0 Å². The second-order valence-corrected chi connectivity index (χ2v) is 4.72. The normalized spacial score (nSPS) is 10.3. The van der Waals surface area contributed by atoms with Gasteiger partial charge in [0.1, 0.15) is 5.69 Å². The number of rotatable bonds is 2. The number of halogens is 2. The molecule has 0 fully saturated rings. The molecule has 0 aliphatic heterocycles. The highest BCUT2D eigenvalue weighted by Crippen LogP contribution is 2.33. The van der Waals surface area contributed by atoms with Crippen LogP contribution in [0.3, 0.4) is 0 Å². The number of hydrogen-bond donors (Lipinski definition) is 2. The first-order valence-electron chi connectivity index (χ1n) is 5.44. The molecular weight excluding hydrogens is 287 g/mol. The number of carbonyl (C=O) groups excluding carboxylic acids is 1. The van der Waals surface area contributed by atoms with E-state index in [2.05, 4.69) is 10.3 Å². The largest absolute Gasteiger partial charge is 0.318 e. The molecule has 2 rings (SSSR count). The first-order chi connectivity index (χ1) is 8.99. The van der Waals surface area contributed by atoms with Gasteiger partial charge in [-0.2, -0.15) is 0 Å². The quantitative estimate of drug-likeness (QED) is 0.894. The van der Waals surface area contributed by atoms with E-state index >= 15 is 0 Å². The van der Waals surface area contributed by atoms with Crippen molar-refractivity contribution in [2.24, 2.45) is 0 Å². The van der Waals surface area contributed by atoms with Gasteiger partial charge in [-0.3, -0.25) is 9.59 Å². The van der Waals surface area contributed by atoms with Crippen molar-refractivity contribution in [3.8, 4) is 0 Å². The Balaban J connectivity index is 2.34. The summed E-state index contributed by atoms with van der Waals surface area (Å²) in [6.45, 7) is 1.80. The third-order valence-corrected chi connectivity index (χ3v) is 3.34. The number of hydrogen-bond acceptors (Lipinski definition) is 2. The Kier molecular flexibility index (Phi) is 3.93. The highest BCUT2D eigenvalue weighted by atomic mass is 35.5. The van der Waals surface area contributed by atoms with Crippen LogP contribution in [-0.4, -0.2) is 10.9 Å². The summed E-state index contributed by atoms with van der Waals surface area (Å²) >= 11 is 12.1. The maximum Gasteiger partial charge on any atom is 0.272 e. The maximum atomic E-state index is 12.0. The zero-order valence-electron chi connectivity index (χ0n) is 9.96. The molecule has 98 valence electrons. The smallest absolute Gasteiger partial charge is 0.272 e. The highest BCUT2D eigenvalue weighted by Gasteiger charge is 2.13. The van der Waals surface area contributed by atoms with Crippen molar-refractivity contribution in [2.45, 2.75) is 6.92 Å². The van der Waals surface area contributed by atoms with Crippen molar-refractivity contribution >= 4 is 34.8 Å². The van der Waals surface area contributed by atoms with Gasteiger partial charge in [-0.15, -0.1) is 0 Å². The van der Waals surface area contributed by atoms with Crippen molar-refractivity contribution < 1.29 is 4.79 Å². The van der Waals surface area contributed by atoms with Crippen LogP contribution in [0, 0.1) is 6.92 Å². The molecule has 1 amide bonds. The molecule has 0 aliphatic carbocycles. The molecule has 0 aliphatic rings. The number of aromatic nitrogens is 1. The molecule has 19 heavy (non-hydrogen) atoms. The number of benzene rings is 1. The van der Waals surface area contributed by atoms with Crippen molar-refractivity contribution in [3.05, 3.63) is 62.0 Å². The average Bonchev–Trinajstić information content (AvgIpc) is 2.39. The van der Waals surface area contributed by atoms with E-state index in [0.29, 0.717) is 15.7 Å². The van der Waals surface area contributed by atoms with Crippen LogP contribution in [0.4, 0.5) is 5.69 Å². The number of aromatic amines is 1. The summed E-state index contributed by atoms with van der Waals surface area (Å²) in [5.41, 5.74) is 0.913. The van der Waals surface area contributed by atoms with Crippen molar-refractivity contribution in [3.63, 3.8) is 0 Å². The Morgan fingerprint density at radius 3 is 2.63 bits per heavy atom. The monoisotopic (exact) mass is 296 g/mol. The van der Waals surface area contributed by atoms with Gasteiger partial charge in [0.15, 0.2) is 0 Å². The van der Waals surface area contributed by atoms with Gasteiger partial charge in [-0.05, 0) is 24.6 Å². The van der Waals surface area contributed by atoms with Gasteiger partial charge in [-0.1, -0.05) is 35.3 Å². The third-order valence-electron chi connectivity index (χ3n) is 2.54. The van der Waals surface area contributed by atoms with Gasteiger partial charge in [0.2, 0.25) is 5.56 Å². The zero-order valence-corrected chi connectivity index (χ0v) is 11.5. The minimum absolute atomic E-state index is 0.140. The van der Waals surface area contributed by atoms with Gasteiger partial charge in [-0.25, -0.2) is 0 Å². The minimum atomic E-state index is -0.480. The van der Waals surface area contributed by atoms with E-state index in [-0.39, 0.29) is 11.3 Å². The number of nitrogens with one attached hydrogen (secondary N) is 2. The van der Waals surface area contributed by atoms with E-state index in [1.165, 1.54) is 18.2 Å². The number of anilines is 1. The van der Waals surface area contributed by atoms with Gasteiger partial charge < -0.3 is 10.3 Å². The Bertz CT molecular complexity index is 695. The summed E-state index contributed by atoms with van der Waals surface area (Å²) in [5.74, 6) is -0.480. The molecule has 1 aromatic carbocycles. The summed E-state index contributed by atoms with van der Waals surface area (Å²) in [5, 5.41) is 3.30. The summed E-state index contributed by atoms with van der Waals surface area (Å²) in [4.78, 5) is 25.6. The van der Waals surface area contributed by atoms with E-state index in [9.17, 15) is 9.59 Å². The molecular formula is C13H10Cl2N2O2. The molecule has 0 bridgehead atoms. The molecule has 0 spiro atoms. The third kappa shape index (κ3) is 2.97. The van der Waals surface area contributed by atoms with E-state index in [1.54, 1.807) is 19.1 Å². The van der Waals surface area contributed by atoms with Crippen molar-refractivity contribution in [1.29, 1.82) is 0 Å². The molecule has 2 aromatic rings. The van der Waals surface area contributed by atoms with Gasteiger partial charge in [0.05, 0.1) is 15.7 Å². The summed E-state index contributed by atoms with van der Waals surface area (Å²) in [6.07, 6.45) is 0. The Morgan fingerprint density at radius 1 is 1.21 bits per heavy atom. The van der Waals surface area contributed by atoms with Gasteiger partial charge in [0, 0.05) is 6.07 Å². The van der Waals surface area contributed by atoms with E-state index < -0.39 is 5.91 Å². The Labute approximate surface area is 119 Å². The fourth-order valence-corrected chi connectivity index (χ4v) is 2.00. The lowest BCUT2D eigenvalue weighted by molar-refractivity contribution is 0.102. The van der Waals surface area contributed by atoms with Crippen LogP contribution in [0.1, 0.15) is 16.1 Å². The fraction of sp³-hybridized carbons (Fsp3) is 0.0769. The molecule has 6 heteroatoms. The molecule has 0 saturated heterocycles. The number of aryl methyl sites for hydroxylation is 1. The number of carbonyl (C=O) groups is 1. The number of H-pyrrole nitrogens is 1. The highest BCUT2D eigenvalue weighted by molar-refractivity contribution is 6.40. The number of pyridine rings is 1. The van der Waals surface area contributed by atoms with E-state index in [0.717, 1.165) is 5.56 Å². The zero-order chi connectivity index (χ0) is 14.0. The van der Waals surface area contributed by atoms with Crippen LogP contribution in [0.15, 0.2) is 35.1 Å². The molecule has 1 aromatic heterocycles. The van der Waals surface area contributed by atoms with Crippen LogP contribution in [0.2, 0.25) is 10.0 Å². The molecule has 0 saturated carbocycles. The Morgan fingerprint density at radius 2 is 1.95 bits per heavy atom. The van der Waals surface area contributed by atoms with Gasteiger partial charge in [0.25, 0.3) is 5.91 Å². The lowest BCUT2D eigenvalue weighted by Crippen LogP contribution is -2.18. The lowest BCUT2D eigenvalue weighted by Gasteiger charge is -2.10. The number of amides is 1. The topological polar surface area (TPSA) is 62.0 Å². The first-order valence-corrected chi connectivity index (χ1v) is 6.20. The van der Waals surface area contributed by atoms with Crippen molar-refractivity contribution in [1.82, 2.24) is 4.98 Å². The molecule has 0 radical (unpaired) electrons. The van der Waals surface area contributed by atoms with Crippen LogP contribution >= 0.6 is 23.2 Å². The SMILES string of the molecule is Cc1ccc(Cl)c(NC(=O)c2cccc(=O)[nH]2)c1Cl. The maximum absolute atomic E-state index is 12.0.